The summed E-state index contributed by atoms with van der Waals surface area (Å²) in [6, 6.07) is 22.4. The molecular weight excluding hydrogens is 360 g/mol. The van der Waals surface area contributed by atoms with E-state index in [0.29, 0.717) is 0 Å². The Labute approximate surface area is 172 Å². The molecule has 1 aromatic heterocycles. The van der Waals surface area contributed by atoms with Gasteiger partial charge in [-0.15, -0.1) is 0 Å². The number of rotatable bonds is 5. The second-order valence-electron chi connectivity index (χ2n) is 7.37. The molecule has 0 bridgehead atoms. The van der Waals surface area contributed by atoms with Crippen molar-refractivity contribution in [1.29, 1.82) is 0 Å². The van der Waals surface area contributed by atoms with Crippen LogP contribution in [-0.4, -0.2) is 47.0 Å². The number of carbonyl (C=O) groups excluding carboxylic acids is 1. The minimum Gasteiger partial charge on any atom is -0.322 e. The van der Waals surface area contributed by atoms with Gasteiger partial charge in [-0.25, -0.2) is 4.79 Å². The van der Waals surface area contributed by atoms with Crippen LogP contribution in [0.15, 0.2) is 79.1 Å². The number of benzene rings is 2. The third kappa shape index (κ3) is 5.21. The van der Waals surface area contributed by atoms with Crippen molar-refractivity contribution in [1.82, 2.24) is 14.8 Å². The summed E-state index contributed by atoms with van der Waals surface area (Å²) in [5.41, 5.74) is 4.51. The Kier molecular flexibility index (Phi) is 6.17. The molecule has 148 valence electrons. The quantitative estimate of drug-likeness (QED) is 0.720. The van der Waals surface area contributed by atoms with Gasteiger partial charge in [0.05, 0.1) is 0 Å². The number of pyridine rings is 1. The highest BCUT2D eigenvalue weighted by atomic mass is 16.2. The molecule has 0 atom stereocenters. The summed E-state index contributed by atoms with van der Waals surface area (Å²) in [5.74, 6) is 0. The summed E-state index contributed by atoms with van der Waals surface area (Å²) < 4.78 is 0. The SMILES string of the molecule is O=C(Nc1ccccc1Cc1ccccc1)N1CCN(Cc2ccncc2)CC1. The summed E-state index contributed by atoms with van der Waals surface area (Å²) in [4.78, 5) is 21.2. The van der Waals surface area contributed by atoms with Gasteiger partial charge in [0.2, 0.25) is 0 Å². The summed E-state index contributed by atoms with van der Waals surface area (Å²) in [5, 5.41) is 3.13. The minimum atomic E-state index is -0.0194. The zero-order chi connectivity index (χ0) is 19.9. The topological polar surface area (TPSA) is 48.5 Å². The highest BCUT2D eigenvalue weighted by Crippen LogP contribution is 2.20. The standard InChI is InChI=1S/C24H26N4O/c29-24(28-16-14-27(15-17-28)19-21-10-12-25-13-11-21)26-23-9-5-4-8-22(23)18-20-6-2-1-3-7-20/h1-13H,14-19H2,(H,26,29). The Bertz CT molecular complexity index is 922. The largest absolute Gasteiger partial charge is 0.322 e. The van der Waals surface area contributed by atoms with Crippen molar-refractivity contribution in [3.05, 3.63) is 95.8 Å². The van der Waals surface area contributed by atoms with Crippen LogP contribution in [0.3, 0.4) is 0 Å². The number of carbonyl (C=O) groups is 1. The number of para-hydroxylation sites is 1. The maximum Gasteiger partial charge on any atom is 0.321 e. The number of amides is 2. The van der Waals surface area contributed by atoms with Crippen LogP contribution in [0.5, 0.6) is 0 Å². The predicted octanol–water partition coefficient (Wildman–Crippen LogP) is 4.02. The summed E-state index contributed by atoms with van der Waals surface area (Å²) in [7, 11) is 0. The van der Waals surface area contributed by atoms with Gasteiger partial charge >= 0.3 is 6.03 Å². The van der Waals surface area contributed by atoms with Crippen LogP contribution in [0.2, 0.25) is 0 Å². The van der Waals surface area contributed by atoms with Gasteiger partial charge in [0.15, 0.2) is 0 Å². The molecule has 2 aromatic carbocycles. The van der Waals surface area contributed by atoms with Gasteiger partial charge in [0.1, 0.15) is 0 Å². The van der Waals surface area contributed by atoms with Crippen LogP contribution in [-0.2, 0) is 13.0 Å². The van der Waals surface area contributed by atoms with Gasteiger partial charge in [0, 0.05) is 50.8 Å². The molecule has 5 nitrogen and oxygen atoms in total. The lowest BCUT2D eigenvalue weighted by atomic mass is 10.0. The van der Waals surface area contributed by atoms with Crippen LogP contribution in [0, 0.1) is 0 Å². The number of anilines is 1. The summed E-state index contributed by atoms with van der Waals surface area (Å²) >= 11 is 0. The number of urea groups is 1. The van der Waals surface area contributed by atoms with Gasteiger partial charge in [-0.2, -0.15) is 0 Å². The molecule has 1 aliphatic heterocycles. The fraction of sp³-hybridized carbons (Fsp3) is 0.250. The lowest BCUT2D eigenvalue weighted by Crippen LogP contribution is -2.49. The molecule has 0 saturated carbocycles. The van der Waals surface area contributed by atoms with Crippen molar-refractivity contribution >= 4 is 11.7 Å². The Morgan fingerprint density at radius 2 is 1.52 bits per heavy atom. The first-order chi connectivity index (χ1) is 14.3. The Morgan fingerprint density at radius 3 is 2.28 bits per heavy atom. The van der Waals surface area contributed by atoms with E-state index in [-0.39, 0.29) is 6.03 Å². The van der Waals surface area contributed by atoms with Crippen LogP contribution in [0.4, 0.5) is 10.5 Å². The molecule has 1 aliphatic rings. The van der Waals surface area contributed by atoms with Crippen LogP contribution >= 0.6 is 0 Å². The van der Waals surface area contributed by atoms with Crippen molar-refractivity contribution in [2.24, 2.45) is 0 Å². The van der Waals surface area contributed by atoms with Crippen LogP contribution < -0.4 is 5.32 Å². The van der Waals surface area contributed by atoms with E-state index >= 15 is 0 Å². The fourth-order valence-electron chi connectivity index (χ4n) is 3.66. The smallest absolute Gasteiger partial charge is 0.321 e. The van der Waals surface area contributed by atoms with E-state index in [1.54, 1.807) is 0 Å². The summed E-state index contributed by atoms with van der Waals surface area (Å²) in [6.07, 6.45) is 4.45. The zero-order valence-corrected chi connectivity index (χ0v) is 16.5. The second-order valence-corrected chi connectivity index (χ2v) is 7.37. The van der Waals surface area contributed by atoms with E-state index in [4.69, 9.17) is 0 Å². The van der Waals surface area contributed by atoms with Crippen LogP contribution in [0.25, 0.3) is 0 Å². The molecule has 0 spiro atoms. The van der Waals surface area contributed by atoms with E-state index in [2.05, 4.69) is 33.4 Å². The zero-order valence-electron chi connectivity index (χ0n) is 16.5. The third-order valence-corrected chi connectivity index (χ3v) is 5.31. The molecular formula is C24H26N4O. The molecule has 0 radical (unpaired) electrons. The molecule has 1 saturated heterocycles. The van der Waals surface area contributed by atoms with E-state index in [9.17, 15) is 4.79 Å². The van der Waals surface area contributed by atoms with Crippen molar-refractivity contribution in [3.8, 4) is 0 Å². The first-order valence-corrected chi connectivity index (χ1v) is 10.1. The molecule has 29 heavy (non-hydrogen) atoms. The number of nitrogens with zero attached hydrogens (tertiary/aromatic N) is 3. The first kappa shape index (κ1) is 19.2. The molecule has 4 rings (SSSR count). The predicted molar refractivity (Wildman–Crippen MR) is 116 cm³/mol. The van der Waals surface area contributed by atoms with Gasteiger partial charge in [0.25, 0.3) is 0 Å². The maximum atomic E-state index is 12.8. The first-order valence-electron chi connectivity index (χ1n) is 10.1. The van der Waals surface area contributed by atoms with Gasteiger partial charge < -0.3 is 10.2 Å². The van der Waals surface area contributed by atoms with Crippen molar-refractivity contribution in [2.45, 2.75) is 13.0 Å². The molecule has 0 unspecified atom stereocenters. The lowest BCUT2D eigenvalue weighted by Gasteiger charge is -2.34. The third-order valence-electron chi connectivity index (χ3n) is 5.31. The lowest BCUT2D eigenvalue weighted by molar-refractivity contribution is 0.143. The monoisotopic (exact) mass is 386 g/mol. The number of aromatic nitrogens is 1. The molecule has 0 aliphatic carbocycles. The van der Waals surface area contributed by atoms with Crippen molar-refractivity contribution in [3.63, 3.8) is 0 Å². The van der Waals surface area contributed by atoms with E-state index in [0.717, 1.165) is 50.4 Å². The van der Waals surface area contributed by atoms with E-state index in [1.807, 2.05) is 65.8 Å². The minimum absolute atomic E-state index is 0.0194. The molecule has 1 N–H and O–H groups in total. The van der Waals surface area contributed by atoms with Gasteiger partial charge in [-0.3, -0.25) is 9.88 Å². The molecule has 1 fully saturated rings. The maximum absolute atomic E-state index is 12.8. The molecule has 3 aromatic rings. The number of piperazine rings is 1. The van der Waals surface area contributed by atoms with Crippen molar-refractivity contribution < 1.29 is 4.79 Å². The van der Waals surface area contributed by atoms with Crippen molar-refractivity contribution in [2.75, 3.05) is 31.5 Å². The average molecular weight is 386 g/mol. The fourth-order valence-corrected chi connectivity index (χ4v) is 3.66. The van der Waals surface area contributed by atoms with Gasteiger partial charge in [-0.1, -0.05) is 48.5 Å². The Balaban J connectivity index is 1.33. The number of hydrogen-bond acceptors (Lipinski definition) is 3. The number of nitrogens with one attached hydrogen (secondary N) is 1. The molecule has 5 heteroatoms. The molecule has 2 amide bonds. The van der Waals surface area contributed by atoms with E-state index < -0.39 is 0 Å². The normalized spacial score (nSPS) is 14.6. The Morgan fingerprint density at radius 1 is 0.828 bits per heavy atom. The highest BCUT2D eigenvalue weighted by molar-refractivity contribution is 5.90. The van der Waals surface area contributed by atoms with Gasteiger partial charge in [-0.05, 0) is 41.3 Å². The van der Waals surface area contributed by atoms with Crippen LogP contribution in [0.1, 0.15) is 16.7 Å². The summed E-state index contributed by atoms with van der Waals surface area (Å²) in [6.45, 7) is 4.12. The van der Waals surface area contributed by atoms with E-state index in [1.165, 1.54) is 11.1 Å². The second kappa shape index (κ2) is 9.34. The highest BCUT2D eigenvalue weighted by Gasteiger charge is 2.21. The molecule has 2 heterocycles. The Hall–Kier alpha value is -3.18. The average Bonchev–Trinajstić information content (AvgIpc) is 2.77. The number of hydrogen-bond donors (Lipinski definition) is 1.